The van der Waals surface area contributed by atoms with Crippen molar-refractivity contribution < 1.29 is 22.4 Å². The van der Waals surface area contributed by atoms with Crippen LogP contribution >= 0.6 is 23.2 Å². The van der Waals surface area contributed by atoms with Crippen LogP contribution in [-0.2, 0) is 26.2 Å². The number of anilines is 1. The van der Waals surface area contributed by atoms with Crippen molar-refractivity contribution in [3.8, 4) is 0 Å². The molecule has 0 saturated carbocycles. The molecule has 0 fully saturated rings. The van der Waals surface area contributed by atoms with Crippen LogP contribution in [0.25, 0.3) is 0 Å². The van der Waals surface area contributed by atoms with Crippen molar-refractivity contribution in [2.45, 2.75) is 57.1 Å². The number of hydrogen-bond donors (Lipinski definition) is 1. The summed E-state index contributed by atoms with van der Waals surface area (Å²) in [5.41, 5.74) is 0.514. The van der Waals surface area contributed by atoms with Crippen LogP contribution in [0.5, 0.6) is 0 Å². The third-order valence-electron chi connectivity index (χ3n) is 6.50. The van der Waals surface area contributed by atoms with Gasteiger partial charge in [0.05, 0.1) is 10.6 Å². The normalized spacial score (nSPS) is 12.8. The summed E-state index contributed by atoms with van der Waals surface area (Å²) >= 11 is 12.8. The Morgan fingerprint density at radius 2 is 1.50 bits per heavy atom. The number of sulfonamides is 1. The number of carbonyl (C=O) groups excluding carboxylic acids is 2. The molecule has 7 nitrogen and oxygen atoms in total. The summed E-state index contributed by atoms with van der Waals surface area (Å²) in [4.78, 5) is 28.6. The number of rotatable bonds is 12. The maximum atomic E-state index is 14.0. The first-order valence-corrected chi connectivity index (χ1v) is 15.0. The molecule has 40 heavy (non-hydrogen) atoms. The van der Waals surface area contributed by atoms with Gasteiger partial charge < -0.3 is 10.2 Å². The third-order valence-corrected chi connectivity index (χ3v) is 9.00. The number of hydrogen-bond acceptors (Lipinski definition) is 4. The summed E-state index contributed by atoms with van der Waals surface area (Å²) in [6.45, 7) is 4.75. The molecule has 0 aliphatic carbocycles. The van der Waals surface area contributed by atoms with Crippen molar-refractivity contribution in [1.82, 2.24) is 10.2 Å². The molecule has 0 radical (unpaired) electrons. The molecule has 0 spiro atoms. The topological polar surface area (TPSA) is 86.8 Å². The second kappa shape index (κ2) is 14.0. The highest BCUT2D eigenvalue weighted by atomic mass is 35.5. The van der Waals surface area contributed by atoms with Gasteiger partial charge in [-0.15, -0.1) is 0 Å². The fraction of sp³-hybridized carbons (Fsp3) is 0.310. The van der Waals surface area contributed by atoms with Gasteiger partial charge in [0, 0.05) is 28.2 Å². The highest BCUT2D eigenvalue weighted by Crippen LogP contribution is 2.29. The van der Waals surface area contributed by atoms with Gasteiger partial charge >= 0.3 is 0 Å². The lowest BCUT2D eigenvalue weighted by molar-refractivity contribution is -0.140. The number of amides is 2. The van der Waals surface area contributed by atoms with Crippen molar-refractivity contribution in [2.24, 2.45) is 0 Å². The standard InChI is InChI=1S/C29H32Cl2FN3O4S/c1-4-20(3)33-29(37)27(5-2)34(18-24-25(30)12-9-13-26(24)31)28(36)19-35(22-16-14-21(32)15-17-22)40(38,39)23-10-7-6-8-11-23/h6-17,20,27H,4-5,18-19H2,1-3H3,(H,33,37)/t20-,27+/m1/s1. The Morgan fingerprint density at radius 1 is 0.900 bits per heavy atom. The monoisotopic (exact) mass is 607 g/mol. The summed E-state index contributed by atoms with van der Waals surface area (Å²) in [5.74, 6) is -1.60. The van der Waals surface area contributed by atoms with Gasteiger partial charge in [-0.25, -0.2) is 12.8 Å². The molecule has 3 rings (SSSR count). The zero-order valence-corrected chi connectivity index (χ0v) is 24.8. The lowest BCUT2D eigenvalue weighted by atomic mass is 10.1. The molecule has 0 aliphatic heterocycles. The molecule has 3 aromatic rings. The Bertz CT molecular complexity index is 1400. The van der Waals surface area contributed by atoms with E-state index in [1.165, 1.54) is 29.2 Å². The van der Waals surface area contributed by atoms with Crippen molar-refractivity contribution >= 4 is 50.7 Å². The van der Waals surface area contributed by atoms with E-state index in [4.69, 9.17) is 23.2 Å². The lowest BCUT2D eigenvalue weighted by Crippen LogP contribution is -2.53. The lowest BCUT2D eigenvalue weighted by Gasteiger charge is -2.34. The van der Waals surface area contributed by atoms with Crippen LogP contribution in [0.3, 0.4) is 0 Å². The third kappa shape index (κ3) is 7.53. The first kappa shape index (κ1) is 31.4. The van der Waals surface area contributed by atoms with E-state index in [2.05, 4.69) is 5.32 Å². The summed E-state index contributed by atoms with van der Waals surface area (Å²) < 4.78 is 42.1. The summed E-state index contributed by atoms with van der Waals surface area (Å²) in [6, 6.07) is 16.2. The van der Waals surface area contributed by atoms with Gasteiger partial charge in [-0.05, 0) is 68.3 Å². The van der Waals surface area contributed by atoms with E-state index in [9.17, 15) is 22.4 Å². The first-order valence-electron chi connectivity index (χ1n) is 12.9. The molecule has 0 saturated heterocycles. The van der Waals surface area contributed by atoms with E-state index < -0.39 is 34.3 Å². The van der Waals surface area contributed by atoms with E-state index in [0.29, 0.717) is 22.0 Å². The van der Waals surface area contributed by atoms with Crippen molar-refractivity contribution in [3.63, 3.8) is 0 Å². The molecule has 11 heteroatoms. The predicted octanol–water partition coefficient (Wildman–Crippen LogP) is 6.05. The molecule has 0 aliphatic rings. The Hall–Kier alpha value is -3.14. The molecular weight excluding hydrogens is 576 g/mol. The van der Waals surface area contributed by atoms with Crippen molar-refractivity contribution in [2.75, 3.05) is 10.8 Å². The number of halogens is 3. The highest BCUT2D eigenvalue weighted by Gasteiger charge is 2.34. The quantitative estimate of drug-likeness (QED) is 0.271. The van der Waals surface area contributed by atoms with E-state index in [1.54, 1.807) is 43.3 Å². The van der Waals surface area contributed by atoms with Crippen LogP contribution in [0, 0.1) is 5.82 Å². The molecule has 3 aromatic carbocycles. The summed E-state index contributed by atoms with van der Waals surface area (Å²) in [5, 5.41) is 3.51. The Labute approximate surface area is 244 Å². The van der Waals surface area contributed by atoms with E-state index >= 15 is 0 Å². The molecule has 2 atom stereocenters. The average molecular weight is 609 g/mol. The Balaban J connectivity index is 2.08. The zero-order chi connectivity index (χ0) is 29.4. The minimum Gasteiger partial charge on any atom is -0.352 e. The van der Waals surface area contributed by atoms with Crippen LogP contribution in [0.4, 0.5) is 10.1 Å². The fourth-order valence-corrected chi connectivity index (χ4v) is 6.02. The van der Waals surface area contributed by atoms with Crippen molar-refractivity contribution in [3.05, 3.63) is 94.2 Å². The number of benzene rings is 3. The van der Waals surface area contributed by atoms with E-state index in [-0.39, 0.29) is 35.5 Å². The maximum Gasteiger partial charge on any atom is 0.264 e. The summed E-state index contributed by atoms with van der Waals surface area (Å²) in [7, 11) is -4.25. The number of nitrogens with one attached hydrogen (secondary N) is 1. The van der Waals surface area contributed by atoms with Crippen LogP contribution < -0.4 is 9.62 Å². The van der Waals surface area contributed by atoms with Gasteiger partial charge in [-0.2, -0.15) is 0 Å². The molecule has 0 aromatic heterocycles. The van der Waals surface area contributed by atoms with Crippen LogP contribution in [-0.4, -0.2) is 43.8 Å². The SMILES string of the molecule is CC[C@@H](C)NC(=O)[C@H](CC)N(Cc1c(Cl)cccc1Cl)C(=O)CN(c1ccc(F)cc1)S(=O)(=O)c1ccccc1. The second-order valence-electron chi connectivity index (χ2n) is 9.26. The van der Waals surface area contributed by atoms with Crippen LogP contribution in [0.1, 0.15) is 39.2 Å². The Kier molecular flexibility index (Phi) is 11.0. The fourth-order valence-electron chi connectivity index (χ4n) is 4.07. The highest BCUT2D eigenvalue weighted by molar-refractivity contribution is 7.92. The molecule has 0 heterocycles. The van der Waals surface area contributed by atoms with Gasteiger partial charge in [0.1, 0.15) is 18.4 Å². The molecule has 0 bridgehead atoms. The number of nitrogens with zero attached hydrogens (tertiary/aromatic N) is 2. The smallest absolute Gasteiger partial charge is 0.264 e. The van der Waals surface area contributed by atoms with Crippen molar-refractivity contribution in [1.29, 1.82) is 0 Å². The maximum absolute atomic E-state index is 14.0. The largest absolute Gasteiger partial charge is 0.352 e. The zero-order valence-electron chi connectivity index (χ0n) is 22.5. The number of carbonyl (C=O) groups is 2. The molecule has 0 unspecified atom stereocenters. The van der Waals surface area contributed by atoms with E-state index in [0.717, 1.165) is 16.4 Å². The van der Waals surface area contributed by atoms with Gasteiger partial charge in [-0.3, -0.25) is 13.9 Å². The molecule has 2 amide bonds. The molecular formula is C29H32Cl2FN3O4S. The average Bonchev–Trinajstić information content (AvgIpc) is 2.93. The van der Waals surface area contributed by atoms with Crippen LogP contribution in [0.15, 0.2) is 77.7 Å². The minimum absolute atomic E-state index is 0.0469. The van der Waals surface area contributed by atoms with Crippen LogP contribution in [0.2, 0.25) is 10.0 Å². The first-order chi connectivity index (χ1) is 19.0. The Morgan fingerprint density at radius 3 is 2.05 bits per heavy atom. The molecule has 1 N–H and O–H groups in total. The summed E-state index contributed by atoms with van der Waals surface area (Å²) in [6.07, 6.45) is 0.929. The van der Waals surface area contributed by atoms with Gasteiger partial charge in [0.25, 0.3) is 10.0 Å². The molecule has 214 valence electrons. The van der Waals surface area contributed by atoms with Gasteiger partial charge in [0.15, 0.2) is 0 Å². The second-order valence-corrected chi connectivity index (χ2v) is 11.9. The van der Waals surface area contributed by atoms with E-state index in [1.807, 2.05) is 13.8 Å². The van der Waals surface area contributed by atoms with Gasteiger partial charge in [-0.1, -0.05) is 61.3 Å². The van der Waals surface area contributed by atoms with Gasteiger partial charge in [0.2, 0.25) is 11.8 Å². The minimum atomic E-state index is -4.25. The predicted molar refractivity (Wildman–Crippen MR) is 156 cm³/mol.